The number of esters is 1. The van der Waals surface area contributed by atoms with E-state index < -0.39 is 10.0 Å². The lowest BCUT2D eigenvalue weighted by atomic mass is 9.77. The van der Waals surface area contributed by atoms with Crippen molar-refractivity contribution in [2.45, 2.75) is 23.3 Å². The van der Waals surface area contributed by atoms with Crippen molar-refractivity contribution in [2.75, 3.05) is 17.1 Å². The largest absolute Gasteiger partial charge is 0.465 e. The number of fused-ring (bicyclic) bond motifs is 3. The van der Waals surface area contributed by atoms with E-state index in [2.05, 4.69) is 22.2 Å². The maximum absolute atomic E-state index is 13.0. The van der Waals surface area contributed by atoms with Gasteiger partial charge in [-0.1, -0.05) is 35.9 Å². The lowest BCUT2D eigenvalue weighted by Crippen LogP contribution is -2.29. The first-order valence-corrected chi connectivity index (χ1v) is 12.8. The molecule has 1 heterocycles. The molecule has 8 heteroatoms. The average Bonchev–Trinajstić information content (AvgIpc) is 3.34. The summed E-state index contributed by atoms with van der Waals surface area (Å²) in [7, 11) is -2.39. The Bertz CT molecular complexity index is 1370. The summed E-state index contributed by atoms with van der Waals surface area (Å²) in [6.45, 7) is 0. The van der Waals surface area contributed by atoms with Crippen molar-refractivity contribution in [3.8, 4) is 0 Å². The van der Waals surface area contributed by atoms with Crippen LogP contribution in [0.25, 0.3) is 0 Å². The molecule has 1 aliphatic heterocycles. The average molecular weight is 495 g/mol. The van der Waals surface area contributed by atoms with Crippen LogP contribution in [0.4, 0.5) is 11.4 Å². The second-order valence-corrected chi connectivity index (χ2v) is 10.6. The summed E-state index contributed by atoms with van der Waals surface area (Å²) in [5.74, 6) is -0.0410. The molecule has 0 saturated heterocycles. The maximum atomic E-state index is 13.0. The molecule has 174 valence electrons. The van der Waals surface area contributed by atoms with E-state index in [9.17, 15) is 13.2 Å². The number of carbonyl (C=O) groups is 1. The SMILES string of the molecule is COC(=O)c1ccc([C@H]2Nc3ccc(S(=O)(=O)Nc4ccc(Cl)cc4)cc3[C@H]3C=CC[C@H]32)cc1. The van der Waals surface area contributed by atoms with Crippen LogP contribution < -0.4 is 10.0 Å². The number of nitrogens with one attached hydrogen (secondary N) is 2. The highest BCUT2D eigenvalue weighted by Crippen LogP contribution is 2.50. The summed E-state index contributed by atoms with van der Waals surface area (Å²) in [4.78, 5) is 12.0. The predicted octanol–water partition coefficient (Wildman–Crippen LogP) is 5.75. The minimum absolute atomic E-state index is 0.0360. The van der Waals surface area contributed by atoms with Crippen molar-refractivity contribution in [3.63, 3.8) is 0 Å². The molecule has 3 aromatic carbocycles. The molecule has 0 fully saturated rings. The van der Waals surface area contributed by atoms with Gasteiger partial charge in [0.15, 0.2) is 0 Å². The first-order chi connectivity index (χ1) is 16.4. The molecule has 6 nitrogen and oxygen atoms in total. The second-order valence-electron chi connectivity index (χ2n) is 8.45. The van der Waals surface area contributed by atoms with Gasteiger partial charge in [0.2, 0.25) is 0 Å². The van der Waals surface area contributed by atoms with Gasteiger partial charge in [-0.2, -0.15) is 0 Å². The fourth-order valence-corrected chi connectivity index (χ4v) is 5.97. The Kier molecular flexibility index (Phi) is 5.83. The van der Waals surface area contributed by atoms with Gasteiger partial charge in [0, 0.05) is 22.3 Å². The molecule has 2 N–H and O–H groups in total. The maximum Gasteiger partial charge on any atom is 0.337 e. The molecule has 0 unspecified atom stereocenters. The van der Waals surface area contributed by atoms with Crippen molar-refractivity contribution >= 4 is 39.0 Å². The summed E-state index contributed by atoms with van der Waals surface area (Å²) in [5.41, 5.74) is 3.89. The van der Waals surface area contributed by atoms with E-state index in [0.29, 0.717) is 16.3 Å². The Hall–Kier alpha value is -3.29. The van der Waals surface area contributed by atoms with E-state index in [1.807, 2.05) is 18.2 Å². The van der Waals surface area contributed by atoms with Crippen LogP contribution in [0.1, 0.15) is 39.9 Å². The highest BCUT2D eigenvalue weighted by atomic mass is 35.5. The summed E-state index contributed by atoms with van der Waals surface area (Å²) >= 11 is 5.90. The number of methoxy groups -OCH3 is 1. The molecule has 3 atom stereocenters. The fourth-order valence-electron chi connectivity index (χ4n) is 4.75. The number of halogens is 1. The van der Waals surface area contributed by atoms with Crippen LogP contribution in [0.5, 0.6) is 0 Å². The molecule has 5 rings (SSSR count). The molecular formula is C26H23ClN2O4S. The molecule has 0 aromatic heterocycles. The third-order valence-electron chi connectivity index (χ3n) is 6.43. The fraction of sp³-hybridized carbons (Fsp3) is 0.192. The normalized spacial score (nSPS) is 20.7. The van der Waals surface area contributed by atoms with Crippen LogP contribution in [0, 0.1) is 5.92 Å². The number of allylic oxidation sites excluding steroid dienone is 2. The standard InChI is InChI=1S/C26H23ClN2O4S/c1-33-26(30)17-7-5-16(6-8-17)25-22-4-2-3-21(22)23-15-20(13-14-24(23)28-25)34(31,32)29-19-11-9-18(27)10-12-19/h2-3,5-15,21-22,25,28-29H,4H2,1H3/t21-,22+,25+/m0/s1. The highest BCUT2D eigenvalue weighted by Gasteiger charge is 2.38. The molecule has 0 saturated carbocycles. The van der Waals surface area contributed by atoms with E-state index in [0.717, 1.165) is 23.2 Å². The topological polar surface area (TPSA) is 84.5 Å². The first kappa shape index (κ1) is 22.5. The smallest absolute Gasteiger partial charge is 0.337 e. The number of carbonyl (C=O) groups excluding carboxylic acids is 1. The number of anilines is 2. The van der Waals surface area contributed by atoms with Crippen molar-refractivity contribution in [1.82, 2.24) is 0 Å². The molecule has 0 bridgehead atoms. The third kappa shape index (κ3) is 4.17. The van der Waals surface area contributed by atoms with Gasteiger partial charge in [-0.25, -0.2) is 13.2 Å². The van der Waals surface area contributed by atoms with Crippen LogP contribution in [0.15, 0.2) is 83.8 Å². The molecule has 0 radical (unpaired) electrons. The molecule has 3 aromatic rings. The van der Waals surface area contributed by atoms with Gasteiger partial charge < -0.3 is 10.1 Å². The Morgan fingerprint density at radius 3 is 2.50 bits per heavy atom. The van der Waals surface area contributed by atoms with Crippen LogP contribution in [0.3, 0.4) is 0 Å². The summed E-state index contributed by atoms with van der Waals surface area (Å²) in [6, 6.07) is 19.2. The zero-order valence-corrected chi connectivity index (χ0v) is 19.9. The van der Waals surface area contributed by atoms with Gasteiger partial charge >= 0.3 is 5.97 Å². The Morgan fingerprint density at radius 2 is 1.79 bits per heavy atom. The van der Waals surface area contributed by atoms with Gasteiger partial charge in [-0.15, -0.1) is 0 Å². The molecule has 0 spiro atoms. The van der Waals surface area contributed by atoms with E-state index in [1.165, 1.54) is 7.11 Å². The highest BCUT2D eigenvalue weighted by molar-refractivity contribution is 7.92. The molecule has 2 aliphatic rings. The zero-order chi connectivity index (χ0) is 23.9. The van der Waals surface area contributed by atoms with Gasteiger partial charge in [0.1, 0.15) is 0 Å². The van der Waals surface area contributed by atoms with E-state index >= 15 is 0 Å². The number of rotatable bonds is 5. The number of hydrogen-bond acceptors (Lipinski definition) is 5. The molecular weight excluding hydrogens is 472 g/mol. The lowest BCUT2D eigenvalue weighted by Gasteiger charge is -2.37. The summed E-state index contributed by atoms with van der Waals surface area (Å²) in [6.07, 6.45) is 5.18. The Labute approximate surface area is 203 Å². The minimum Gasteiger partial charge on any atom is -0.465 e. The number of ether oxygens (including phenoxy) is 1. The zero-order valence-electron chi connectivity index (χ0n) is 18.4. The van der Waals surface area contributed by atoms with E-state index in [1.54, 1.807) is 48.5 Å². The third-order valence-corrected chi connectivity index (χ3v) is 8.06. The number of hydrogen-bond donors (Lipinski definition) is 2. The minimum atomic E-state index is -3.76. The van der Waals surface area contributed by atoms with Crippen molar-refractivity contribution < 1.29 is 17.9 Å². The Balaban J connectivity index is 1.44. The van der Waals surface area contributed by atoms with Gasteiger partial charge in [-0.3, -0.25) is 4.72 Å². The quantitative estimate of drug-likeness (QED) is 0.348. The van der Waals surface area contributed by atoms with Crippen molar-refractivity contribution in [2.24, 2.45) is 5.92 Å². The van der Waals surface area contributed by atoms with Crippen LogP contribution in [-0.4, -0.2) is 21.5 Å². The van der Waals surface area contributed by atoms with Gasteiger partial charge in [0.25, 0.3) is 10.0 Å². The van der Waals surface area contributed by atoms with E-state index in [4.69, 9.17) is 16.3 Å². The van der Waals surface area contributed by atoms with Crippen LogP contribution in [0.2, 0.25) is 5.02 Å². The Morgan fingerprint density at radius 1 is 1.06 bits per heavy atom. The predicted molar refractivity (Wildman–Crippen MR) is 133 cm³/mol. The van der Waals surface area contributed by atoms with Crippen LogP contribution >= 0.6 is 11.6 Å². The molecule has 34 heavy (non-hydrogen) atoms. The van der Waals surface area contributed by atoms with Crippen molar-refractivity contribution in [1.29, 1.82) is 0 Å². The van der Waals surface area contributed by atoms with E-state index in [-0.39, 0.29) is 28.7 Å². The van der Waals surface area contributed by atoms with Crippen molar-refractivity contribution in [3.05, 3.63) is 101 Å². The molecule has 1 aliphatic carbocycles. The number of sulfonamides is 1. The summed E-state index contributed by atoms with van der Waals surface area (Å²) in [5, 5.41) is 4.13. The van der Waals surface area contributed by atoms with Crippen LogP contribution in [-0.2, 0) is 14.8 Å². The number of benzene rings is 3. The van der Waals surface area contributed by atoms with Gasteiger partial charge in [-0.05, 0) is 78.1 Å². The summed E-state index contributed by atoms with van der Waals surface area (Å²) < 4.78 is 33.5. The lowest BCUT2D eigenvalue weighted by molar-refractivity contribution is 0.0600. The first-order valence-electron chi connectivity index (χ1n) is 10.9. The second kappa shape index (κ2) is 8.81. The van der Waals surface area contributed by atoms with Gasteiger partial charge in [0.05, 0.1) is 23.6 Å². The monoisotopic (exact) mass is 494 g/mol. The molecule has 0 amide bonds.